The van der Waals surface area contributed by atoms with E-state index < -0.39 is 0 Å². The average molecular weight is 214 g/mol. The Kier molecular flexibility index (Phi) is 6.17. The molecule has 1 unspecified atom stereocenters. The number of rotatable bonds is 5. The second kappa shape index (κ2) is 7.22. The minimum Gasteiger partial charge on any atom is -0.501 e. The van der Waals surface area contributed by atoms with Gasteiger partial charge in [0.2, 0.25) is 0 Å². The number of thioether (sulfide) groups is 1. The molecule has 0 aromatic rings. The van der Waals surface area contributed by atoms with Crippen LogP contribution in [0, 0.1) is 5.92 Å². The van der Waals surface area contributed by atoms with Crippen LogP contribution in [0.5, 0.6) is 0 Å². The second-order valence-electron chi connectivity index (χ2n) is 4.29. The largest absolute Gasteiger partial charge is 0.501 e. The van der Waals surface area contributed by atoms with Crippen molar-refractivity contribution in [3.8, 4) is 0 Å². The van der Waals surface area contributed by atoms with Crippen molar-refractivity contribution in [3.63, 3.8) is 0 Å². The summed E-state index contributed by atoms with van der Waals surface area (Å²) in [5.41, 5.74) is 1.25. The lowest BCUT2D eigenvalue weighted by molar-refractivity contribution is 0.231. The second-order valence-corrected chi connectivity index (χ2v) is 5.44. The SMILES string of the molecule is CC(C)=COCCCC1CCCSC1. The molecule has 1 rings (SSSR count). The van der Waals surface area contributed by atoms with Crippen LogP contribution >= 0.6 is 11.8 Å². The predicted molar refractivity (Wildman–Crippen MR) is 64.7 cm³/mol. The fourth-order valence-electron chi connectivity index (χ4n) is 1.72. The molecule has 0 amide bonds. The molecule has 0 bridgehead atoms. The molecule has 82 valence electrons. The normalized spacial score (nSPS) is 21.7. The lowest BCUT2D eigenvalue weighted by Gasteiger charge is -2.20. The fourth-order valence-corrected chi connectivity index (χ4v) is 2.92. The molecule has 1 aliphatic rings. The molecule has 14 heavy (non-hydrogen) atoms. The van der Waals surface area contributed by atoms with E-state index in [1.165, 1.54) is 42.8 Å². The molecule has 1 heterocycles. The van der Waals surface area contributed by atoms with Crippen LogP contribution in [-0.2, 0) is 4.74 Å². The summed E-state index contributed by atoms with van der Waals surface area (Å²) in [4.78, 5) is 0. The standard InChI is InChI=1S/C12H22OS/c1-11(2)9-13-7-3-5-12-6-4-8-14-10-12/h9,12H,3-8,10H2,1-2H3. The van der Waals surface area contributed by atoms with Gasteiger partial charge in [-0.2, -0.15) is 11.8 Å². The highest BCUT2D eigenvalue weighted by Gasteiger charge is 2.12. The molecule has 1 nitrogen and oxygen atoms in total. The zero-order chi connectivity index (χ0) is 10.2. The summed E-state index contributed by atoms with van der Waals surface area (Å²) < 4.78 is 5.42. The quantitative estimate of drug-likeness (QED) is 0.508. The lowest BCUT2D eigenvalue weighted by Crippen LogP contribution is -2.10. The van der Waals surface area contributed by atoms with E-state index in [1.54, 1.807) is 0 Å². The number of hydrogen-bond donors (Lipinski definition) is 0. The van der Waals surface area contributed by atoms with Gasteiger partial charge in [-0.05, 0) is 62.5 Å². The summed E-state index contributed by atoms with van der Waals surface area (Å²) >= 11 is 2.12. The van der Waals surface area contributed by atoms with Crippen LogP contribution in [0.3, 0.4) is 0 Å². The minimum atomic E-state index is 0.895. The predicted octanol–water partition coefficient (Wildman–Crippen LogP) is 3.85. The molecule has 0 aromatic carbocycles. The highest BCUT2D eigenvalue weighted by atomic mass is 32.2. The zero-order valence-corrected chi connectivity index (χ0v) is 10.2. The summed E-state index contributed by atoms with van der Waals surface area (Å²) in [6, 6.07) is 0. The molecule has 1 aliphatic heterocycles. The van der Waals surface area contributed by atoms with Crippen molar-refractivity contribution in [2.75, 3.05) is 18.1 Å². The molecule has 2 heteroatoms. The van der Waals surface area contributed by atoms with E-state index in [1.807, 2.05) is 6.26 Å². The van der Waals surface area contributed by atoms with Crippen molar-refractivity contribution in [3.05, 3.63) is 11.8 Å². The molecule has 0 spiro atoms. The average Bonchev–Trinajstić information content (AvgIpc) is 2.18. The van der Waals surface area contributed by atoms with Gasteiger partial charge in [0, 0.05) is 0 Å². The van der Waals surface area contributed by atoms with E-state index in [0.717, 1.165) is 12.5 Å². The van der Waals surface area contributed by atoms with Crippen LogP contribution in [0.1, 0.15) is 39.5 Å². The highest BCUT2D eigenvalue weighted by Crippen LogP contribution is 2.25. The molecule has 0 aromatic heterocycles. The third kappa shape index (κ3) is 5.58. The van der Waals surface area contributed by atoms with Crippen molar-refractivity contribution >= 4 is 11.8 Å². The first-order valence-electron chi connectivity index (χ1n) is 5.62. The van der Waals surface area contributed by atoms with Crippen molar-refractivity contribution in [1.29, 1.82) is 0 Å². The topological polar surface area (TPSA) is 9.23 Å². The third-order valence-corrected chi connectivity index (χ3v) is 3.73. The molecule has 0 aliphatic carbocycles. The van der Waals surface area contributed by atoms with Crippen molar-refractivity contribution < 1.29 is 4.74 Å². The van der Waals surface area contributed by atoms with Crippen LogP contribution < -0.4 is 0 Å². The van der Waals surface area contributed by atoms with Crippen LogP contribution in [0.15, 0.2) is 11.8 Å². The maximum atomic E-state index is 5.42. The zero-order valence-electron chi connectivity index (χ0n) is 9.42. The van der Waals surface area contributed by atoms with Gasteiger partial charge in [0.05, 0.1) is 12.9 Å². The molecule has 1 fully saturated rings. The van der Waals surface area contributed by atoms with Crippen molar-refractivity contribution in [2.45, 2.75) is 39.5 Å². The Bertz CT molecular complexity index is 167. The van der Waals surface area contributed by atoms with Gasteiger partial charge >= 0.3 is 0 Å². The van der Waals surface area contributed by atoms with E-state index in [9.17, 15) is 0 Å². The monoisotopic (exact) mass is 214 g/mol. The van der Waals surface area contributed by atoms with Crippen LogP contribution in [-0.4, -0.2) is 18.1 Å². The van der Waals surface area contributed by atoms with Crippen LogP contribution in [0.2, 0.25) is 0 Å². The number of allylic oxidation sites excluding steroid dienone is 1. The number of hydrogen-bond acceptors (Lipinski definition) is 2. The van der Waals surface area contributed by atoms with Gasteiger partial charge < -0.3 is 4.74 Å². The van der Waals surface area contributed by atoms with Crippen molar-refractivity contribution in [2.24, 2.45) is 5.92 Å². The van der Waals surface area contributed by atoms with Gasteiger partial charge in [-0.25, -0.2) is 0 Å². The molecule has 1 atom stereocenters. The van der Waals surface area contributed by atoms with Crippen LogP contribution in [0.4, 0.5) is 0 Å². The van der Waals surface area contributed by atoms with E-state index >= 15 is 0 Å². The summed E-state index contributed by atoms with van der Waals surface area (Å²) in [7, 11) is 0. The summed E-state index contributed by atoms with van der Waals surface area (Å²) in [5, 5.41) is 0. The van der Waals surface area contributed by atoms with Gasteiger partial charge in [-0.3, -0.25) is 0 Å². The summed E-state index contributed by atoms with van der Waals surface area (Å²) in [6.07, 6.45) is 7.30. The smallest absolute Gasteiger partial charge is 0.0873 e. The maximum Gasteiger partial charge on any atom is 0.0873 e. The van der Waals surface area contributed by atoms with E-state index in [-0.39, 0.29) is 0 Å². The summed E-state index contributed by atoms with van der Waals surface area (Å²) in [5.74, 6) is 3.72. The van der Waals surface area contributed by atoms with E-state index in [2.05, 4.69) is 25.6 Å². The third-order valence-electron chi connectivity index (χ3n) is 2.45. The van der Waals surface area contributed by atoms with Gasteiger partial charge in [0.25, 0.3) is 0 Å². The minimum absolute atomic E-state index is 0.895. The van der Waals surface area contributed by atoms with Gasteiger partial charge in [-0.15, -0.1) is 0 Å². The van der Waals surface area contributed by atoms with Gasteiger partial charge in [0.1, 0.15) is 0 Å². The van der Waals surface area contributed by atoms with Crippen LogP contribution in [0.25, 0.3) is 0 Å². The Morgan fingerprint density at radius 2 is 2.36 bits per heavy atom. The first kappa shape index (κ1) is 12.0. The molecule has 0 radical (unpaired) electrons. The molecular weight excluding hydrogens is 192 g/mol. The fraction of sp³-hybridized carbons (Fsp3) is 0.833. The maximum absolute atomic E-state index is 5.42. The molecule has 1 saturated heterocycles. The first-order chi connectivity index (χ1) is 6.79. The van der Waals surface area contributed by atoms with Crippen molar-refractivity contribution in [1.82, 2.24) is 0 Å². The Balaban J connectivity index is 1.95. The Morgan fingerprint density at radius 1 is 1.50 bits per heavy atom. The lowest BCUT2D eigenvalue weighted by atomic mass is 10.00. The molecule has 0 saturated carbocycles. The Hall–Kier alpha value is -0.110. The molecule has 0 N–H and O–H groups in total. The highest BCUT2D eigenvalue weighted by molar-refractivity contribution is 7.99. The molecular formula is C12H22OS. The first-order valence-corrected chi connectivity index (χ1v) is 6.77. The van der Waals surface area contributed by atoms with Gasteiger partial charge in [-0.1, -0.05) is 0 Å². The van der Waals surface area contributed by atoms with E-state index in [0.29, 0.717) is 0 Å². The van der Waals surface area contributed by atoms with Gasteiger partial charge in [0.15, 0.2) is 0 Å². The Labute approximate surface area is 92.3 Å². The summed E-state index contributed by atoms with van der Waals surface area (Å²) in [6.45, 7) is 5.03. The number of ether oxygens (including phenoxy) is 1. The van der Waals surface area contributed by atoms with E-state index in [4.69, 9.17) is 4.74 Å². The Morgan fingerprint density at radius 3 is 3.00 bits per heavy atom.